The van der Waals surface area contributed by atoms with Crippen LogP contribution in [0.4, 0.5) is 11.4 Å². The molecule has 2 nitrogen and oxygen atoms in total. The zero-order valence-corrected chi connectivity index (χ0v) is 29.3. The van der Waals surface area contributed by atoms with Crippen LogP contribution in [0.2, 0.25) is 0 Å². The molecule has 4 rings (SSSR count). The van der Waals surface area contributed by atoms with E-state index < -0.39 is 7.92 Å². The molecule has 0 heterocycles. The van der Waals surface area contributed by atoms with Crippen molar-refractivity contribution in [3.63, 3.8) is 0 Å². The first-order valence-electron chi connectivity index (χ1n) is 16.1. The molecule has 0 N–H and O–H groups in total. The van der Waals surface area contributed by atoms with Crippen LogP contribution in [0.5, 0.6) is 0 Å². The zero-order valence-electron chi connectivity index (χ0n) is 28.4. The Kier molecular flexibility index (Phi) is 11.4. The van der Waals surface area contributed by atoms with E-state index >= 15 is 0 Å². The lowest BCUT2D eigenvalue weighted by atomic mass is 9.92. The summed E-state index contributed by atoms with van der Waals surface area (Å²) in [6.45, 7) is 22.5. The summed E-state index contributed by atoms with van der Waals surface area (Å²) in [7, 11) is -0.930. The van der Waals surface area contributed by atoms with Gasteiger partial charge in [0.2, 0.25) is 0 Å². The summed E-state index contributed by atoms with van der Waals surface area (Å²) in [5, 5.41) is 9.39. The topological polar surface area (TPSA) is 26.5 Å². The van der Waals surface area contributed by atoms with Crippen LogP contribution < -0.4 is 10.6 Å². The SMILES string of the molecule is CC(=Nc1c(C(C)C)cccc1C(C)C)/C(=C(\C)[N-]c1c(C(C)C)cccc1C(C)C)P(c1ccccc1)c1ccccc1. The standard InChI is InChI=1S/C41H50N2P/c1-27(2)35-23-17-24-36(28(3)4)39(35)42-31(9)41(44(33-19-13-11-14-20-33)34-21-15-12-16-22-34)32(10)43-40-37(29(5)6)25-18-26-38(40)30(7)8/h11-30H,1-10H3/q-1/b41-31-,43-32?. The maximum Gasteiger partial charge on any atom is 0.0702 e. The van der Waals surface area contributed by atoms with Gasteiger partial charge in [-0.2, -0.15) is 5.70 Å². The lowest BCUT2D eigenvalue weighted by Gasteiger charge is -2.36. The molecular formula is C41H50N2P-. The Labute approximate surface area is 268 Å². The molecule has 3 heteroatoms. The number of hydrogen-bond donors (Lipinski definition) is 0. The van der Waals surface area contributed by atoms with Crippen molar-refractivity contribution >= 4 is 35.6 Å². The highest BCUT2D eigenvalue weighted by atomic mass is 31.1. The van der Waals surface area contributed by atoms with Crippen LogP contribution in [0.3, 0.4) is 0 Å². The van der Waals surface area contributed by atoms with Gasteiger partial charge in [0.25, 0.3) is 0 Å². The summed E-state index contributed by atoms with van der Waals surface area (Å²) in [5.74, 6) is 1.48. The Morgan fingerprint density at radius 1 is 0.523 bits per heavy atom. The fraction of sp³-hybridized carbons (Fsp3) is 0.341. The minimum absolute atomic E-state index is 0.370. The summed E-state index contributed by atoms with van der Waals surface area (Å²) in [6, 6.07) is 35.2. The molecule has 0 aliphatic rings. The van der Waals surface area contributed by atoms with Gasteiger partial charge >= 0.3 is 0 Å². The first-order chi connectivity index (χ1) is 21.0. The molecule has 44 heavy (non-hydrogen) atoms. The number of benzene rings is 4. The molecule has 4 aromatic carbocycles. The van der Waals surface area contributed by atoms with E-state index in [2.05, 4.69) is 166 Å². The summed E-state index contributed by atoms with van der Waals surface area (Å²) in [4.78, 5) is 5.57. The van der Waals surface area contributed by atoms with Crippen LogP contribution in [-0.4, -0.2) is 5.71 Å². The average Bonchev–Trinajstić information content (AvgIpc) is 3.00. The Morgan fingerprint density at radius 2 is 0.909 bits per heavy atom. The molecule has 230 valence electrons. The summed E-state index contributed by atoms with van der Waals surface area (Å²) in [5.41, 5.74) is 9.46. The highest BCUT2D eigenvalue weighted by Crippen LogP contribution is 2.50. The average molecular weight is 602 g/mol. The molecule has 0 atom stereocenters. The van der Waals surface area contributed by atoms with Gasteiger partial charge in [0, 0.05) is 5.71 Å². The van der Waals surface area contributed by atoms with E-state index in [0.717, 1.165) is 22.8 Å². The van der Waals surface area contributed by atoms with E-state index in [1.54, 1.807) is 0 Å². The van der Waals surface area contributed by atoms with E-state index in [4.69, 9.17) is 10.3 Å². The van der Waals surface area contributed by atoms with Gasteiger partial charge < -0.3 is 5.32 Å². The molecular weight excluding hydrogens is 551 g/mol. The minimum atomic E-state index is -0.930. The number of nitrogens with zero attached hydrogens (tertiary/aromatic N) is 2. The molecule has 0 amide bonds. The maximum atomic E-state index is 5.57. The van der Waals surface area contributed by atoms with Crippen molar-refractivity contribution in [2.24, 2.45) is 4.99 Å². The van der Waals surface area contributed by atoms with E-state index in [1.807, 2.05) is 0 Å². The third-order valence-electron chi connectivity index (χ3n) is 8.18. The van der Waals surface area contributed by atoms with E-state index in [1.165, 1.54) is 38.2 Å². The van der Waals surface area contributed by atoms with E-state index in [-0.39, 0.29) is 0 Å². The Bertz CT molecular complexity index is 1500. The third kappa shape index (κ3) is 7.59. The maximum absolute atomic E-state index is 5.57. The highest BCUT2D eigenvalue weighted by Gasteiger charge is 2.23. The fourth-order valence-corrected chi connectivity index (χ4v) is 8.37. The molecule has 4 aromatic rings. The second kappa shape index (κ2) is 15.0. The predicted octanol–water partition coefficient (Wildman–Crippen LogP) is 12.3. The van der Waals surface area contributed by atoms with Crippen LogP contribution in [0.15, 0.2) is 113 Å². The minimum Gasteiger partial charge on any atom is -0.660 e. The van der Waals surface area contributed by atoms with Crippen molar-refractivity contribution in [3.8, 4) is 0 Å². The zero-order chi connectivity index (χ0) is 32.0. The van der Waals surface area contributed by atoms with Crippen molar-refractivity contribution in [2.75, 3.05) is 0 Å². The second-order valence-electron chi connectivity index (χ2n) is 12.9. The number of rotatable bonds is 11. The molecule has 0 unspecified atom stereocenters. The summed E-state index contributed by atoms with van der Waals surface area (Å²) < 4.78 is 0. The first kappa shape index (κ1) is 33.4. The molecule has 0 spiro atoms. The van der Waals surface area contributed by atoms with E-state index in [9.17, 15) is 0 Å². The Morgan fingerprint density at radius 3 is 1.30 bits per heavy atom. The quantitative estimate of drug-likeness (QED) is 0.121. The van der Waals surface area contributed by atoms with Gasteiger partial charge in [-0.25, -0.2) is 0 Å². The van der Waals surface area contributed by atoms with Gasteiger partial charge in [-0.1, -0.05) is 171 Å². The Hall–Kier alpha value is -3.48. The molecule has 0 radical (unpaired) electrons. The van der Waals surface area contributed by atoms with Crippen LogP contribution in [0.1, 0.15) is 115 Å². The number of aliphatic imine (C=N–C) groups is 1. The lowest BCUT2D eigenvalue weighted by Crippen LogP contribution is -2.17. The van der Waals surface area contributed by atoms with Crippen molar-refractivity contribution < 1.29 is 0 Å². The molecule has 0 aliphatic carbocycles. The Balaban J connectivity index is 2.06. The second-order valence-corrected chi connectivity index (χ2v) is 15.1. The normalized spacial score (nSPS) is 12.9. The van der Waals surface area contributed by atoms with Crippen LogP contribution in [-0.2, 0) is 0 Å². The van der Waals surface area contributed by atoms with E-state index in [0.29, 0.717) is 23.7 Å². The van der Waals surface area contributed by atoms with Gasteiger partial charge in [0.15, 0.2) is 0 Å². The van der Waals surface area contributed by atoms with Crippen molar-refractivity contribution in [1.82, 2.24) is 0 Å². The summed E-state index contributed by atoms with van der Waals surface area (Å²) in [6.07, 6.45) is 0. The largest absolute Gasteiger partial charge is 0.660 e. The van der Waals surface area contributed by atoms with Gasteiger partial charge in [-0.3, -0.25) is 4.99 Å². The van der Waals surface area contributed by atoms with Gasteiger partial charge in [-0.15, -0.1) is 5.69 Å². The third-order valence-corrected chi connectivity index (χ3v) is 10.9. The molecule has 0 saturated heterocycles. The number of allylic oxidation sites excluding steroid dienone is 2. The van der Waals surface area contributed by atoms with Gasteiger partial charge in [0.1, 0.15) is 0 Å². The van der Waals surface area contributed by atoms with Crippen LogP contribution in [0.25, 0.3) is 5.32 Å². The van der Waals surface area contributed by atoms with Crippen LogP contribution in [0, 0.1) is 0 Å². The molecule has 0 aromatic heterocycles. The predicted molar refractivity (Wildman–Crippen MR) is 197 cm³/mol. The smallest absolute Gasteiger partial charge is 0.0702 e. The van der Waals surface area contributed by atoms with Gasteiger partial charge in [0.05, 0.1) is 5.69 Å². The number of para-hydroxylation sites is 2. The summed E-state index contributed by atoms with van der Waals surface area (Å²) >= 11 is 0. The first-order valence-corrected chi connectivity index (χ1v) is 17.5. The molecule has 0 aliphatic heterocycles. The fourth-order valence-electron chi connectivity index (χ4n) is 5.87. The van der Waals surface area contributed by atoms with Crippen molar-refractivity contribution in [2.45, 2.75) is 92.9 Å². The lowest BCUT2D eigenvalue weighted by molar-refractivity contribution is 0.834. The van der Waals surface area contributed by atoms with Crippen molar-refractivity contribution in [3.05, 3.63) is 136 Å². The highest BCUT2D eigenvalue weighted by molar-refractivity contribution is 7.78. The molecule has 0 fully saturated rings. The molecule has 0 saturated carbocycles. The van der Waals surface area contributed by atoms with Crippen LogP contribution >= 0.6 is 7.92 Å². The molecule has 0 bridgehead atoms. The van der Waals surface area contributed by atoms with Crippen molar-refractivity contribution in [1.29, 1.82) is 0 Å². The monoisotopic (exact) mass is 601 g/mol. The number of hydrogen-bond acceptors (Lipinski definition) is 1. The van der Waals surface area contributed by atoms with Gasteiger partial charge in [-0.05, 0) is 65.6 Å².